The molecule has 106 valence electrons. The highest BCUT2D eigenvalue weighted by molar-refractivity contribution is 9.10. The van der Waals surface area contributed by atoms with Crippen LogP contribution in [0.4, 0.5) is 5.69 Å². The van der Waals surface area contributed by atoms with Crippen molar-refractivity contribution in [2.75, 3.05) is 38.3 Å². The van der Waals surface area contributed by atoms with Crippen LogP contribution >= 0.6 is 28.3 Å². The van der Waals surface area contributed by atoms with Crippen molar-refractivity contribution < 1.29 is 9.53 Å². The van der Waals surface area contributed by atoms with E-state index in [9.17, 15) is 4.79 Å². The molecule has 4 nitrogen and oxygen atoms in total. The van der Waals surface area contributed by atoms with Gasteiger partial charge in [0.15, 0.2) is 0 Å². The number of carbonyl (C=O) groups excluding carboxylic acids is 1. The van der Waals surface area contributed by atoms with Crippen LogP contribution in [0.2, 0.25) is 0 Å². The fourth-order valence-electron chi connectivity index (χ4n) is 2.09. The Morgan fingerprint density at radius 3 is 3.05 bits per heavy atom. The van der Waals surface area contributed by atoms with E-state index in [0.29, 0.717) is 19.7 Å². The Morgan fingerprint density at radius 1 is 1.53 bits per heavy atom. The number of fused-ring (bicyclic) bond motifs is 1. The number of nitrogens with one attached hydrogen (secondary N) is 1. The van der Waals surface area contributed by atoms with Crippen molar-refractivity contribution in [3.05, 3.63) is 28.2 Å². The van der Waals surface area contributed by atoms with Gasteiger partial charge in [0.1, 0.15) is 0 Å². The summed E-state index contributed by atoms with van der Waals surface area (Å²) in [5, 5.41) is 3.08. The highest BCUT2D eigenvalue weighted by atomic mass is 79.9. The summed E-state index contributed by atoms with van der Waals surface area (Å²) in [7, 11) is 1.65. The number of hydrogen-bond donors (Lipinski definition) is 1. The van der Waals surface area contributed by atoms with Crippen LogP contribution in [0.25, 0.3) is 0 Å². The Morgan fingerprint density at radius 2 is 2.32 bits per heavy atom. The number of rotatable bonds is 5. The molecule has 1 aliphatic heterocycles. The van der Waals surface area contributed by atoms with Crippen LogP contribution in [-0.4, -0.2) is 39.3 Å². The summed E-state index contributed by atoms with van der Waals surface area (Å²) >= 11 is 3.45. The van der Waals surface area contributed by atoms with Crippen LogP contribution < -0.4 is 10.2 Å². The smallest absolute Gasteiger partial charge is 0.240 e. The summed E-state index contributed by atoms with van der Waals surface area (Å²) < 4.78 is 5.99. The standard InChI is InChI=1S/C13H17BrN2O2.ClH/c1-18-7-5-15-9-13(17)16-6-4-10-8-11(14)2-3-12(10)16;/h2-3,8,15H,4-7,9H2,1H3;1H. The Hall–Kier alpha value is -0.620. The number of amides is 1. The lowest BCUT2D eigenvalue weighted by molar-refractivity contribution is -0.117. The minimum Gasteiger partial charge on any atom is -0.383 e. The van der Waals surface area contributed by atoms with Gasteiger partial charge in [-0.25, -0.2) is 0 Å². The van der Waals surface area contributed by atoms with Crippen LogP contribution in [0.5, 0.6) is 0 Å². The van der Waals surface area contributed by atoms with E-state index in [0.717, 1.165) is 23.1 Å². The maximum atomic E-state index is 12.1. The zero-order valence-electron chi connectivity index (χ0n) is 10.8. The topological polar surface area (TPSA) is 41.6 Å². The monoisotopic (exact) mass is 348 g/mol. The SMILES string of the molecule is COCCNCC(=O)N1CCc2cc(Br)ccc21.Cl. The second kappa shape index (κ2) is 7.85. The minimum absolute atomic E-state index is 0. The Labute approximate surface area is 128 Å². The molecule has 1 heterocycles. The van der Waals surface area contributed by atoms with E-state index in [1.807, 2.05) is 17.0 Å². The van der Waals surface area contributed by atoms with E-state index in [1.165, 1.54) is 5.56 Å². The molecule has 0 aliphatic carbocycles. The molecular weight excluding hydrogens is 332 g/mol. The predicted octanol–water partition coefficient (Wildman–Crippen LogP) is 2.00. The molecule has 1 aromatic rings. The zero-order valence-corrected chi connectivity index (χ0v) is 13.2. The molecule has 1 aliphatic rings. The molecule has 0 fully saturated rings. The summed E-state index contributed by atoms with van der Waals surface area (Å²) in [5.74, 6) is 0.118. The van der Waals surface area contributed by atoms with Crippen molar-refractivity contribution in [2.45, 2.75) is 6.42 Å². The Kier molecular flexibility index (Phi) is 6.79. The van der Waals surface area contributed by atoms with Crippen molar-refractivity contribution in [3.63, 3.8) is 0 Å². The molecule has 0 aromatic heterocycles. The molecule has 19 heavy (non-hydrogen) atoms. The van der Waals surface area contributed by atoms with Crippen molar-refractivity contribution in [3.8, 4) is 0 Å². The average molecular weight is 350 g/mol. The molecule has 1 aromatic carbocycles. The van der Waals surface area contributed by atoms with Crippen molar-refractivity contribution in [1.29, 1.82) is 0 Å². The quantitative estimate of drug-likeness (QED) is 0.827. The molecule has 0 atom stereocenters. The van der Waals surface area contributed by atoms with Gasteiger partial charge in [-0.3, -0.25) is 4.79 Å². The average Bonchev–Trinajstić information content (AvgIpc) is 2.77. The third kappa shape index (κ3) is 4.18. The fraction of sp³-hybridized carbons (Fsp3) is 0.462. The van der Waals surface area contributed by atoms with Gasteiger partial charge in [0, 0.05) is 30.4 Å². The molecule has 6 heteroatoms. The number of carbonyl (C=O) groups is 1. The summed E-state index contributed by atoms with van der Waals surface area (Å²) in [6.07, 6.45) is 0.929. The van der Waals surface area contributed by atoms with E-state index in [-0.39, 0.29) is 18.3 Å². The van der Waals surface area contributed by atoms with Crippen LogP contribution in [0.3, 0.4) is 0 Å². The lowest BCUT2D eigenvalue weighted by atomic mass is 10.2. The molecule has 0 saturated carbocycles. The maximum absolute atomic E-state index is 12.1. The maximum Gasteiger partial charge on any atom is 0.240 e. The van der Waals surface area contributed by atoms with Crippen molar-refractivity contribution in [1.82, 2.24) is 5.32 Å². The first-order valence-corrected chi connectivity index (χ1v) is 6.80. The highest BCUT2D eigenvalue weighted by Crippen LogP contribution is 2.30. The van der Waals surface area contributed by atoms with E-state index >= 15 is 0 Å². The molecule has 0 radical (unpaired) electrons. The number of hydrogen-bond acceptors (Lipinski definition) is 3. The first-order valence-electron chi connectivity index (χ1n) is 6.01. The second-order valence-electron chi connectivity index (χ2n) is 4.24. The highest BCUT2D eigenvalue weighted by Gasteiger charge is 2.23. The summed E-state index contributed by atoms with van der Waals surface area (Å²) in [6.45, 7) is 2.45. The third-order valence-corrected chi connectivity index (χ3v) is 3.49. The van der Waals surface area contributed by atoms with E-state index in [4.69, 9.17) is 4.74 Å². The van der Waals surface area contributed by atoms with Gasteiger partial charge in [-0.1, -0.05) is 15.9 Å². The second-order valence-corrected chi connectivity index (χ2v) is 5.15. The van der Waals surface area contributed by atoms with Crippen molar-refractivity contribution >= 4 is 39.9 Å². The third-order valence-electron chi connectivity index (χ3n) is 3.00. The van der Waals surface area contributed by atoms with Gasteiger partial charge in [0.25, 0.3) is 0 Å². The molecule has 0 spiro atoms. The van der Waals surface area contributed by atoms with Gasteiger partial charge < -0.3 is 15.0 Å². The Bertz CT molecular complexity index is 443. The van der Waals surface area contributed by atoms with E-state index in [1.54, 1.807) is 7.11 Å². The van der Waals surface area contributed by atoms with Crippen LogP contribution in [0.15, 0.2) is 22.7 Å². The van der Waals surface area contributed by atoms with Crippen LogP contribution in [0, 0.1) is 0 Å². The van der Waals surface area contributed by atoms with Gasteiger partial charge >= 0.3 is 0 Å². The number of anilines is 1. The zero-order chi connectivity index (χ0) is 13.0. The van der Waals surface area contributed by atoms with E-state index in [2.05, 4.69) is 27.3 Å². The van der Waals surface area contributed by atoms with Gasteiger partial charge in [-0.05, 0) is 30.2 Å². The molecule has 1 amide bonds. The van der Waals surface area contributed by atoms with Gasteiger partial charge in [-0.15, -0.1) is 12.4 Å². The largest absolute Gasteiger partial charge is 0.383 e. The van der Waals surface area contributed by atoms with Crippen LogP contribution in [-0.2, 0) is 16.0 Å². The van der Waals surface area contributed by atoms with Gasteiger partial charge in [0.2, 0.25) is 5.91 Å². The minimum atomic E-state index is 0. The van der Waals surface area contributed by atoms with Crippen LogP contribution in [0.1, 0.15) is 5.56 Å². The molecule has 0 saturated heterocycles. The summed E-state index contributed by atoms with van der Waals surface area (Å²) in [4.78, 5) is 13.9. The first-order chi connectivity index (χ1) is 8.72. The first kappa shape index (κ1) is 16.4. The number of ether oxygens (including phenoxy) is 1. The van der Waals surface area contributed by atoms with Gasteiger partial charge in [-0.2, -0.15) is 0 Å². The number of benzene rings is 1. The lowest BCUT2D eigenvalue weighted by Crippen LogP contribution is -2.38. The number of halogens is 2. The summed E-state index contributed by atoms with van der Waals surface area (Å²) in [6, 6.07) is 6.06. The Balaban J connectivity index is 0.00000180. The predicted molar refractivity (Wildman–Crippen MR) is 82.2 cm³/mol. The molecule has 1 N–H and O–H groups in total. The normalized spacial score (nSPS) is 13.1. The number of methoxy groups -OCH3 is 1. The van der Waals surface area contributed by atoms with E-state index < -0.39 is 0 Å². The molecular formula is C13H18BrClN2O2. The summed E-state index contributed by atoms with van der Waals surface area (Å²) in [5.41, 5.74) is 2.27. The molecule has 2 rings (SSSR count). The molecule has 0 bridgehead atoms. The molecule has 0 unspecified atom stereocenters. The van der Waals surface area contributed by atoms with Gasteiger partial charge in [0.05, 0.1) is 13.2 Å². The lowest BCUT2D eigenvalue weighted by Gasteiger charge is -2.17. The number of nitrogens with zero attached hydrogens (tertiary/aromatic N) is 1. The fourth-order valence-corrected chi connectivity index (χ4v) is 2.50. The van der Waals surface area contributed by atoms with Crippen molar-refractivity contribution in [2.24, 2.45) is 0 Å².